The highest BCUT2D eigenvalue weighted by molar-refractivity contribution is 6.35. The molecule has 2 aromatic carbocycles. The molecule has 30 heavy (non-hydrogen) atoms. The van der Waals surface area contributed by atoms with Crippen molar-refractivity contribution in [2.75, 3.05) is 7.05 Å². The SMILES string of the molecule is Cc1ccc(C2=C(N(C)Cc3ccccc3)C(=O)N(C3CCCCC3)C2=O)cc1C. The van der Waals surface area contributed by atoms with Gasteiger partial charge in [-0.05, 0) is 48.9 Å². The molecular formula is C26H30N2O2. The summed E-state index contributed by atoms with van der Waals surface area (Å²) >= 11 is 0. The zero-order chi connectivity index (χ0) is 21.3. The summed E-state index contributed by atoms with van der Waals surface area (Å²) in [6.45, 7) is 4.70. The number of hydrogen-bond acceptors (Lipinski definition) is 3. The van der Waals surface area contributed by atoms with Gasteiger partial charge in [0.15, 0.2) is 0 Å². The number of aryl methyl sites for hydroxylation is 2. The molecule has 1 heterocycles. The molecule has 2 aromatic rings. The van der Waals surface area contributed by atoms with E-state index in [0.717, 1.165) is 42.4 Å². The lowest BCUT2D eigenvalue weighted by Gasteiger charge is -2.30. The molecule has 4 rings (SSSR count). The lowest BCUT2D eigenvalue weighted by Crippen LogP contribution is -2.43. The molecular weight excluding hydrogens is 372 g/mol. The van der Waals surface area contributed by atoms with Gasteiger partial charge in [0, 0.05) is 19.6 Å². The van der Waals surface area contributed by atoms with Gasteiger partial charge in [-0.15, -0.1) is 0 Å². The number of carbonyl (C=O) groups is 2. The molecule has 0 unspecified atom stereocenters. The van der Waals surface area contributed by atoms with Gasteiger partial charge in [0.1, 0.15) is 5.70 Å². The highest BCUT2D eigenvalue weighted by atomic mass is 16.2. The second-order valence-electron chi connectivity index (χ2n) is 8.64. The number of hydrogen-bond donors (Lipinski definition) is 0. The summed E-state index contributed by atoms with van der Waals surface area (Å²) in [6.07, 6.45) is 5.16. The minimum Gasteiger partial charge on any atom is -0.365 e. The number of nitrogens with zero attached hydrogens (tertiary/aromatic N) is 2. The molecule has 0 radical (unpaired) electrons. The van der Waals surface area contributed by atoms with Crippen molar-refractivity contribution in [1.29, 1.82) is 0 Å². The van der Waals surface area contributed by atoms with Crippen LogP contribution in [0, 0.1) is 13.8 Å². The average Bonchev–Trinajstić information content (AvgIpc) is 3.01. The van der Waals surface area contributed by atoms with E-state index in [-0.39, 0.29) is 17.9 Å². The van der Waals surface area contributed by atoms with Crippen LogP contribution in [0.2, 0.25) is 0 Å². The molecule has 2 aliphatic rings. The van der Waals surface area contributed by atoms with E-state index in [1.165, 1.54) is 12.0 Å². The Hall–Kier alpha value is -2.88. The van der Waals surface area contributed by atoms with Crippen molar-refractivity contribution in [1.82, 2.24) is 9.80 Å². The summed E-state index contributed by atoms with van der Waals surface area (Å²) in [5.41, 5.74) is 5.33. The number of rotatable bonds is 5. The summed E-state index contributed by atoms with van der Waals surface area (Å²) in [5, 5.41) is 0. The van der Waals surface area contributed by atoms with Crippen LogP contribution in [0.15, 0.2) is 54.2 Å². The van der Waals surface area contributed by atoms with E-state index in [1.807, 2.05) is 67.4 Å². The maximum absolute atomic E-state index is 13.6. The third kappa shape index (κ3) is 3.79. The minimum atomic E-state index is -0.140. The number of likely N-dealkylation sites (N-methyl/N-ethyl adjacent to an activating group) is 1. The van der Waals surface area contributed by atoms with Crippen LogP contribution in [0.1, 0.15) is 54.4 Å². The molecule has 0 aromatic heterocycles. The molecule has 1 aliphatic carbocycles. The van der Waals surface area contributed by atoms with Crippen LogP contribution in [0.5, 0.6) is 0 Å². The zero-order valence-corrected chi connectivity index (χ0v) is 18.1. The number of carbonyl (C=O) groups excluding carboxylic acids is 2. The van der Waals surface area contributed by atoms with E-state index < -0.39 is 0 Å². The van der Waals surface area contributed by atoms with Crippen molar-refractivity contribution >= 4 is 17.4 Å². The lowest BCUT2D eigenvalue weighted by atomic mass is 9.94. The first-order valence-corrected chi connectivity index (χ1v) is 10.9. The molecule has 156 valence electrons. The van der Waals surface area contributed by atoms with E-state index in [4.69, 9.17) is 0 Å². The lowest BCUT2D eigenvalue weighted by molar-refractivity contribution is -0.140. The third-order valence-corrected chi connectivity index (χ3v) is 6.47. The Balaban J connectivity index is 1.76. The van der Waals surface area contributed by atoms with Gasteiger partial charge in [0.05, 0.1) is 5.57 Å². The second-order valence-corrected chi connectivity index (χ2v) is 8.64. The largest absolute Gasteiger partial charge is 0.365 e. The molecule has 1 fully saturated rings. The van der Waals surface area contributed by atoms with Crippen molar-refractivity contribution in [2.45, 2.75) is 58.5 Å². The van der Waals surface area contributed by atoms with Gasteiger partial charge in [0.25, 0.3) is 11.8 Å². The molecule has 4 heteroatoms. The van der Waals surface area contributed by atoms with Crippen LogP contribution < -0.4 is 0 Å². The smallest absolute Gasteiger partial charge is 0.278 e. The summed E-state index contributed by atoms with van der Waals surface area (Å²) < 4.78 is 0. The van der Waals surface area contributed by atoms with Gasteiger partial charge in [-0.25, -0.2) is 0 Å². The van der Waals surface area contributed by atoms with Crippen LogP contribution >= 0.6 is 0 Å². The van der Waals surface area contributed by atoms with E-state index in [2.05, 4.69) is 6.92 Å². The predicted molar refractivity (Wildman–Crippen MR) is 119 cm³/mol. The minimum absolute atomic E-state index is 0.0166. The normalized spacial score (nSPS) is 17.8. The quantitative estimate of drug-likeness (QED) is 0.672. The molecule has 1 saturated carbocycles. The first kappa shape index (κ1) is 20.4. The molecule has 0 saturated heterocycles. The predicted octanol–water partition coefficient (Wildman–Crippen LogP) is 4.85. The van der Waals surface area contributed by atoms with Crippen LogP contribution in [-0.4, -0.2) is 34.7 Å². The van der Waals surface area contributed by atoms with Crippen molar-refractivity contribution in [3.8, 4) is 0 Å². The second kappa shape index (κ2) is 8.47. The van der Waals surface area contributed by atoms with Gasteiger partial charge in [-0.3, -0.25) is 14.5 Å². The first-order chi connectivity index (χ1) is 14.5. The summed E-state index contributed by atoms with van der Waals surface area (Å²) in [4.78, 5) is 30.7. The fraction of sp³-hybridized carbons (Fsp3) is 0.385. The molecule has 0 N–H and O–H groups in total. The van der Waals surface area contributed by atoms with Crippen LogP contribution in [0.4, 0.5) is 0 Å². The summed E-state index contributed by atoms with van der Waals surface area (Å²) in [6, 6.07) is 16.1. The highest BCUT2D eigenvalue weighted by Gasteiger charge is 2.44. The van der Waals surface area contributed by atoms with Crippen LogP contribution in [0.25, 0.3) is 5.57 Å². The van der Waals surface area contributed by atoms with E-state index in [1.54, 1.807) is 4.90 Å². The molecule has 4 nitrogen and oxygen atoms in total. The van der Waals surface area contributed by atoms with Crippen molar-refractivity contribution in [2.24, 2.45) is 0 Å². The third-order valence-electron chi connectivity index (χ3n) is 6.47. The van der Waals surface area contributed by atoms with Crippen LogP contribution in [0.3, 0.4) is 0 Å². The Kier molecular flexibility index (Phi) is 5.76. The van der Waals surface area contributed by atoms with Crippen molar-refractivity contribution in [3.63, 3.8) is 0 Å². The topological polar surface area (TPSA) is 40.6 Å². The van der Waals surface area contributed by atoms with E-state index >= 15 is 0 Å². The fourth-order valence-electron chi connectivity index (χ4n) is 4.65. The molecule has 1 aliphatic heterocycles. The Labute approximate surface area is 179 Å². The Morgan fingerprint density at radius 1 is 0.900 bits per heavy atom. The van der Waals surface area contributed by atoms with Gasteiger partial charge < -0.3 is 4.90 Å². The number of benzene rings is 2. The highest BCUT2D eigenvalue weighted by Crippen LogP contribution is 2.36. The van der Waals surface area contributed by atoms with Gasteiger partial charge in [-0.1, -0.05) is 67.8 Å². The van der Waals surface area contributed by atoms with Crippen molar-refractivity contribution in [3.05, 3.63) is 76.5 Å². The molecule has 0 spiro atoms. The van der Waals surface area contributed by atoms with Gasteiger partial charge in [0.2, 0.25) is 0 Å². The Morgan fingerprint density at radius 2 is 1.60 bits per heavy atom. The van der Waals surface area contributed by atoms with E-state index in [9.17, 15) is 9.59 Å². The summed E-state index contributed by atoms with van der Waals surface area (Å²) in [7, 11) is 1.92. The molecule has 0 bridgehead atoms. The van der Waals surface area contributed by atoms with Gasteiger partial charge >= 0.3 is 0 Å². The number of amides is 2. The number of imide groups is 1. The van der Waals surface area contributed by atoms with Crippen molar-refractivity contribution < 1.29 is 9.59 Å². The summed E-state index contributed by atoms with van der Waals surface area (Å²) in [5.74, 6) is -0.274. The first-order valence-electron chi connectivity index (χ1n) is 10.9. The Bertz CT molecular complexity index is 987. The standard InChI is InChI=1S/C26H30N2O2/c1-18-14-15-21(16-19(18)2)23-24(27(3)17-20-10-6-4-7-11-20)26(30)28(25(23)29)22-12-8-5-9-13-22/h4,6-7,10-11,14-16,22H,5,8-9,12-13,17H2,1-3H3. The van der Waals surface area contributed by atoms with E-state index in [0.29, 0.717) is 17.8 Å². The maximum Gasteiger partial charge on any atom is 0.278 e. The molecule has 2 amide bonds. The Morgan fingerprint density at radius 3 is 2.27 bits per heavy atom. The van der Waals surface area contributed by atoms with Crippen LogP contribution in [-0.2, 0) is 16.1 Å². The molecule has 0 atom stereocenters. The average molecular weight is 403 g/mol. The monoisotopic (exact) mass is 402 g/mol. The van der Waals surface area contributed by atoms with Gasteiger partial charge in [-0.2, -0.15) is 0 Å². The fourth-order valence-corrected chi connectivity index (χ4v) is 4.65. The zero-order valence-electron chi connectivity index (χ0n) is 18.1. The maximum atomic E-state index is 13.6.